The van der Waals surface area contributed by atoms with Gasteiger partial charge in [0.2, 0.25) is 11.8 Å². The van der Waals surface area contributed by atoms with E-state index in [0.717, 1.165) is 79.8 Å². The van der Waals surface area contributed by atoms with Crippen molar-refractivity contribution >= 4 is 70.8 Å². The second-order valence-electron chi connectivity index (χ2n) is 12.5. The van der Waals surface area contributed by atoms with E-state index in [9.17, 15) is 0 Å². The van der Waals surface area contributed by atoms with E-state index in [0.29, 0.717) is 0 Å². The van der Waals surface area contributed by atoms with Crippen molar-refractivity contribution in [1.82, 2.24) is 0 Å². The Morgan fingerprint density at radius 3 is 1.16 bits per heavy atom. The van der Waals surface area contributed by atoms with E-state index in [2.05, 4.69) is 141 Å². The summed E-state index contributed by atoms with van der Waals surface area (Å²) < 4.78 is 20.6. The van der Waals surface area contributed by atoms with E-state index in [1.165, 1.54) is 0 Å². The number of rotatable bonds is 2. The summed E-state index contributed by atoms with van der Waals surface area (Å²) in [6.07, 6.45) is 0. The molecule has 0 saturated heterocycles. The minimum Gasteiger partial charge on any atom is -0.456 e. The highest BCUT2D eigenvalue weighted by atomic mass is 16.5. The van der Waals surface area contributed by atoms with Crippen molar-refractivity contribution in [3.63, 3.8) is 0 Å². The highest BCUT2D eigenvalue weighted by molar-refractivity contribution is 6.88. The van der Waals surface area contributed by atoms with Gasteiger partial charge in [0.15, 0.2) is 0 Å². The second kappa shape index (κ2) is 10.0. The topological polar surface area (TPSA) is 44.6 Å². The molecule has 11 rings (SSSR count). The summed E-state index contributed by atoms with van der Waals surface area (Å²) in [4.78, 5) is 9.43. The fourth-order valence-corrected chi connectivity index (χ4v) is 7.90. The van der Waals surface area contributed by atoms with Gasteiger partial charge in [-0.05, 0) is 60.7 Å². The summed E-state index contributed by atoms with van der Waals surface area (Å²) in [6.45, 7) is -0.551. The lowest BCUT2D eigenvalue weighted by Gasteiger charge is -2.31. The molecule has 49 heavy (non-hydrogen) atoms. The van der Waals surface area contributed by atoms with Crippen molar-refractivity contribution in [2.45, 2.75) is 0 Å². The molecule has 0 atom stereocenters. The van der Waals surface area contributed by atoms with Crippen LogP contribution in [0.5, 0.6) is 23.0 Å². The van der Waals surface area contributed by atoms with Crippen LogP contribution in [0.2, 0.25) is 0 Å². The van der Waals surface area contributed by atoms with Gasteiger partial charge >= 0.3 is 14.0 Å². The van der Waals surface area contributed by atoms with Crippen LogP contribution in [0.1, 0.15) is 0 Å². The number of hydrogen-bond donors (Lipinski definition) is 0. The summed E-state index contributed by atoms with van der Waals surface area (Å²) in [5.74, 6) is 4.69. The summed E-state index contributed by atoms with van der Waals surface area (Å²) in [5, 5.41) is 0. The molecule has 7 nitrogen and oxygen atoms in total. The van der Waals surface area contributed by atoms with Crippen LogP contribution in [-0.4, -0.2) is 14.0 Å². The van der Waals surface area contributed by atoms with Gasteiger partial charge in [-0.3, -0.25) is 0 Å². The van der Waals surface area contributed by atoms with E-state index >= 15 is 0 Å². The smallest absolute Gasteiger partial charge is 0.427 e. The van der Waals surface area contributed by atoms with Crippen molar-refractivity contribution in [3.05, 3.63) is 158 Å². The Kier molecular flexibility index (Phi) is 5.43. The summed E-state index contributed by atoms with van der Waals surface area (Å²) in [5.41, 5.74) is 8.04. The molecule has 0 N–H and O–H groups in total. The van der Waals surface area contributed by atoms with Gasteiger partial charge in [0, 0.05) is 22.3 Å². The van der Waals surface area contributed by atoms with Crippen LogP contribution in [0.4, 0.5) is 45.9 Å². The van der Waals surface area contributed by atoms with Crippen LogP contribution in [0, 0.1) is 0 Å². The van der Waals surface area contributed by atoms with Crippen LogP contribution in [0.25, 0.3) is 0 Å². The first-order valence-corrected chi connectivity index (χ1v) is 16.5. The number of hydrogen-bond acceptors (Lipinski definition) is 7. The quantitative estimate of drug-likeness (QED) is 0.177. The third-order valence-corrected chi connectivity index (χ3v) is 9.87. The van der Waals surface area contributed by atoms with Gasteiger partial charge < -0.3 is 33.1 Å². The van der Waals surface area contributed by atoms with Crippen LogP contribution in [-0.2, 0) is 0 Å². The maximum atomic E-state index is 7.32. The molecule has 0 aliphatic carbocycles. The number of benzene rings is 6. The van der Waals surface area contributed by atoms with Crippen LogP contribution < -0.4 is 39.6 Å². The van der Waals surface area contributed by atoms with Gasteiger partial charge in [0.1, 0.15) is 34.4 Å². The Labute approximate surface area is 284 Å². The van der Waals surface area contributed by atoms with Crippen molar-refractivity contribution in [2.24, 2.45) is 0 Å². The first kappa shape index (κ1) is 26.6. The Hall–Kier alpha value is -6.47. The molecule has 7 aromatic rings. The minimum atomic E-state index is -0.276. The number of ether oxygens (including phenoxy) is 2. The first-order valence-electron chi connectivity index (χ1n) is 16.5. The Balaban J connectivity index is 1.26. The lowest BCUT2D eigenvalue weighted by Crippen LogP contribution is -2.53. The molecule has 0 radical (unpaired) electrons. The molecule has 1 aromatic heterocycles. The predicted molar refractivity (Wildman–Crippen MR) is 197 cm³/mol. The highest BCUT2D eigenvalue weighted by Crippen LogP contribution is 2.64. The molecule has 0 amide bonds. The average molecular weight is 632 g/mol. The minimum absolute atomic E-state index is 0.276. The number of nitrogens with zero attached hydrogens (tertiary/aromatic N) is 4. The Morgan fingerprint density at radius 1 is 0.347 bits per heavy atom. The molecule has 5 heterocycles. The third kappa shape index (κ3) is 3.64. The van der Waals surface area contributed by atoms with Gasteiger partial charge in [0.05, 0.1) is 11.4 Å². The van der Waals surface area contributed by atoms with Gasteiger partial charge in [-0.2, -0.15) is 0 Å². The van der Waals surface area contributed by atoms with Crippen LogP contribution in [0.15, 0.2) is 162 Å². The maximum Gasteiger partial charge on any atom is 0.427 e. The van der Waals surface area contributed by atoms with Crippen molar-refractivity contribution in [1.29, 1.82) is 0 Å². The van der Waals surface area contributed by atoms with Crippen molar-refractivity contribution < 1.29 is 13.9 Å². The summed E-state index contributed by atoms with van der Waals surface area (Å²) in [7, 11) is 0. The summed E-state index contributed by atoms with van der Waals surface area (Å²) in [6, 6.07) is 54.3. The number of furan rings is 1. The maximum absolute atomic E-state index is 7.32. The van der Waals surface area contributed by atoms with Gasteiger partial charge in [-0.15, -0.1) is 0 Å². The van der Waals surface area contributed by atoms with Gasteiger partial charge in [0.25, 0.3) is 0 Å². The molecule has 0 spiro atoms. The second-order valence-corrected chi connectivity index (χ2v) is 12.5. The normalized spacial score (nSPS) is 14.6. The van der Waals surface area contributed by atoms with E-state index < -0.39 is 0 Å². The summed E-state index contributed by atoms with van der Waals surface area (Å²) >= 11 is 0. The molecule has 230 valence electrons. The van der Waals surface area contributed by atoms with E-state index in [4.69, 9.17) is 13.9 Å². The molecule has 0 unspecified atom stereocenters. The molecule has 4 aliphatic rings. The molecule has 0 fully saturated rings. The number of fused-ring (bicyclic) bond motifs is 15. The van der Waals surface area contributed by atoms with Crippen molar-refractivity contribution in [3.8, 4) is 23.0 Å². The average Bonchev–Trinajstić information content (AvgIpc) is 3.72. The zero-order valence-electron chi connectivity index (χ0n) is 26.2. The molecule has 0 bridgehead atoms. The molecule has 4 aliphatic heterocycles. The SMILES string of the molecule is c1ccc(N2B3c4ccccc4Oc4ccccc4N3c3oc4c(c32)N(c2ccccc2)B2c3ccccc3Oc3ccccc3N24)cc1. The van der Waals surface area contributed by atoms with Crippen LogP contribution >= 0.6 is 0 Å². The third-order valence-electron chi connectivity index (χ3n) is 9.87. The fourth-order valence-electron chi connectivity index (χ4n) is 7.90. The molecular weight excluding hydrogens is 606 g/mol. The van der Waals surface area contributed by atoms with E-state index in [1.807, 2.05) is 36.4 Å². The molecule has 9 heteroatoms. The predicted octanol–water partition coefficient (Wildman–Crippen LogP) is 8.86. The number of para-hydroxylation sites is 8. The first-order chi connectivity index (χ1) is 24.3. The standard InChI is InChI=1S/C40H26B2N4O3/c1-3-15-27(16-4-1)43-37-38-40(49-39(37)45-31-21-9-13-25-35(31)47-33-23-11-7-19-29(33)41(43)45)46-32-22-10-14-26-36(32)48-34-24-12-8-20-30(34)42(46)44(38)28-17-5-2-6-18-28/h1-26H. The highest BCUT2D eigenvalue weighted by Gasteiger charge is 2.58. The zero-order chi connectivity index (χ0) is 32.1. The Bertz CT molecular complexity index is 2250. The van der Waals surface area contributed by atoms with Crippen LogP contribution in [0.3, 0.4) is 0 Å². The fraction of sp³-hybridized carbons (Fsp3) is 0. The van der Waals surface area contributed by atoms with Gasteiger partial charge in [-0.25, -0.2) is 0 Å². The molecular formula is C40H26B2N4O3. The molecule has 0 saturated carbocycles. The molecule has 6 aromatic carbocycles. The van der Waals surface area contributed by atoms with E-state index in [1.54, 1.807) is 0 Å². The lowest BCUT2D eigenvalue weighted by atomic mass is 9.64. The monoisotopic (exact) mass is 632 g/mol. The Morgan fingerprint density at radius 2 is 0.714 bits per heavy atom. The van der Waals surface area contributed by atoms with E-state index in [-0.39, 0.29) is 14.0 Å². The van der Waals surface area contributed by atoms with Crippen molar-refractivity contribution in [2.75, 3.05) is 19.2 Å². The van der Waals surface area contributed by atoms with Gasteiger partial charge in [-0.1, -0.05) is 97.1 Å². The number of anilines is 8. The zero-order valence-corrected chi connectivity index (χ0v) is 26.2. The lowest BCUT2D eigenvalue weighted by molar-refractivity contribution is 0.488. The largest absolute Gasteiger partial charge is 0.456 e.